The predicted molar refractivity (Wildman–Crippen MR) is 136 cm³/mol. The summed E-state index contributed by atoms with van der Waals surface area (Å²) in [5.41, 5.74) is 4.48. The lowest BCUT2D eigenvalue weighted by molar-refractivity contribution is -0.113. The maximum atomic E-state index is 13.5. The van der Waals surface area contributed by atoms with Crippen molar-refractivity contribution in [1.29, 1.82) is 0 Å². The van der Waals surface area contributed by atoms with Gasteiger partial charge in [-0.3, -0.25) is 9.69 Å². The summed E-state index contributed by atoms with van der Waals surface area (Å²) in [6, 6.07) is 21.2. The van der Waals surface area contributed by atoms with Crippen molar-refractivity contribution >= 4 is 40.3 Å². The molecule has 1 saturated heterocycles. The third-order valence-electron chi connectivity index (χ3n) is 5.52. The van der Waals surface area contributed by atoms with Crippen molar-refractivity contribution in [3.8, 4) is 11.5 Å². The van der Waals surface area contributed by atoms with Gasteiger partial charge >= 0.3 is 0 Å². The number of thioether (sulfide) groups is 1. The monoisotopic (exact) mass is 458 g/mol. The van der Waals surface area contributed by atoms with Crippen molar-refractivity contribution in [3.63, 3.8) is 0 Å². The van der Waals surface area contributed by atoms with Gasteiger partial charge in [-0.05, 0) is 72.1 Å². The molecule has 0 aromatic heterocycles. The molecule has 4 rings (SSSR count). The molecule has 1 aliphatic heterocycles. The summed E-state index contributed by atoms with van der Waals surface area (Å²) in [6.45, 7) is 4.21. The summed E-state index contributed by atoms with van der Waals surface area (Å²) >= 11 is 1.29. The molecule has 33 heavy (non-hydrogen) atoms. The first-order valence-electron chi connectivity index (χ1n) is 10.9. The molecule has 3 aromatic rings. The number of phenols is 1. The van der Waals surface area contributed by atoms with Crippen LogP contribution in [0.25, 0.3) is 6.08 Å². The van der Waals surface area contributed by atoms with E-state index < -0.39 is 0 Å². The van der Waals surface area contributed by atoms with E-state index >= 15 is 0 Å². The molecule has 1 amide bonds. The number of para-hydroxylation sites is 1. The van der Waals surface area contributed by atoms with Crippen LogP contribution in [0.4, 0.5) is 11.4 Å². The Labute approximate surface area is 198 Å². The largest absolute Gasteiger partial charge is 0.504 e. The van der Waals surface area contributed by atoms with E-state index in [4.69, 9.17) is 9.73 Å². The van der Waals surface area contributed by atoms with Gasteiger partial charge in [0.15, 0.2) is 16.7 Å². The molecule has 6 heteroatoms. The summed E-state index contributed by atoms with van der Waals surface area (Å²) in [5.74, 6) is 0.174. The van der Waals surface area contributed by atoms with Gasteiger partial charge < -0.3 is 9.84 Å². The molecule has 0 spiro atoms. The number of ether oxygens (including phenoxy) is 1. The molecule has 1 heterocycles. The highest BCUT2D eigenvalue weighted by Gasteiger charge is 2.35. The molecule has 0 radical (unpaired) electrons. The van der Waals surface area contributed by atoms with E-state index in [0.717, 1.165) is 24.2 Å². The van der Waals surface area contributed by atoms with Crippen LogP contribution in [0.1, 0.15) is 30.5 Å². The minimum absolute atomic E-state index is 0.000270. The number of phenolic OH excluding ortho intramolecular Hbond substituents is 1. The van der Waals surface area contributed by atoms with Gasteiger partial charge in [-0.25, -0.2) is 4.99 Å². The highest BCUT2D eigenvalue weighted by Crippen LogP contribution is 2.39. The summed E-state index contributed by atoms with van der Waals surface area (Å²) in [7, 11) is 1.50. The van der Waals surface area contributed by atoms with E-state index in [2.05, 4.69) is 13.8 Å². The van der Waals surface area contributed by atoms with Crippen LogP contribution >= 0.6 is 11.8 Å². The number of carbonyl (C=O) groups excluding carboxylic acids is 1. The topological polar surface area (TPSA) is 62.1 Å². The van der Waals surface area contributed by atoms with Crippen LogP contribution in [0.15, 0.2) is 76.6 Å². The van der Waals surface area contributed by atoms with Gasteiger partial charge in [-0.15, -0.1) is 0 Å². The van der Waals surface area contributed by atoms with Gasteiger partial charge in [0.2, 0.25) is 0 Å². The maximum Gasteiger partial charge on any atom is 0.271 e. The Bertz CT molecular complexity index is 1220. The van der Waals surface area contributed by atoms with Gasteiger partial charge in [0.1, 0.15) is 0 Å². The van der Waals surface area contributed by atoms with Gasteiger partial charge in [0, 0.05) is 5.56 Å². The molecule has 0 aliphatic carbocycles. The normalized spacial score (nSPS) is 16.1. The van der Waals surface area contributed by atoms with E-state index in [1.807, 2.05) is 48.5 Å². The average Bonchev–Trinajstić information content (AvgIpc) is 3.15. The quantitative estimate of drug-likeness (QED) is 0.438. The third kappa shape index (κ3) is 4.81. The Morgan fingerprint density at radius 1 is 0.970 bits per heavy atom. The molecule has 0 bridgehead atoms. The van der Waals surface area contributed by atoms with Gasteiger partial charge in [0.05, 0.1) is 23.4 Å². The zero-order valence-corrected chi connectivity index (χ0v) is 19.7. The first-order chi connectivity index (χ1) is 16.0. The van der Waals surface area contributed by atoms with Gasteiger partial charge in [-0.1, -0.05) is 50.2 Å². The van der Waals surface area contributed by atoms with Crippen LogP contribution in [0.5, 0.6) is 11.5 Å². The fraction of sp³-hybridized carbons (Fsp3) is 0.185. The molecular weight excluding hydrogens is 432 g/mol. The maximum absolute atomic E-state index is 13.5. The van der Waals surface area contributed by atoms with Crippen molar-refractivity contribution < 1.29 is 14.6 Å². The van der Waals surface area contributed by atoms with Crippen molar-refractivity contribution in [3.05, 3.63) is 88.3 Å². The number of aliphatic imine (C=N–C) groups is 1. The van der Waals surface area contributed by atoms with E-state index in [-0.39, 0.29) is 11.7 Å². The van der Waals surface area contributed by atoms with Crippen LogP contribution in [-0.2, 0) is 17.6 Å². The summed E-state index contributed by atoms with van der Waals surface area (Å²) in [5, 5.41) is 11.1. The van der Waals surface area contributed by atoms with Gasteiger partial charge in [-0.2, -0.15) is 0 Å². The lowest BCUT2D eigenvalue weighted by Crippen LogP contribution is -2.28. The molecular formula is C27H26N2O3S. The Kier molecular flexibility index (Phi) is 6.84. The SMILES string of the molecule is CCc1ccc(N=C2SC(=Cc3cccc(OC)c3O)C(=O)N2c2ccc(CC)cc2)cc1. The number of hydrogen-bond acceptors (Lipinski definition) is 5. The number of nitrogens with zero attached hydrogens (tertiary/aromatic N) is 2. The number of hydrogen-bond donors (Lipinski definition) is 1. The summed E-state index contributed by atoms with van der Waals surface area (Å²) in [4.78, 5) is 20.4. The van der Waals surface area contributed by atoms with Crippen molar-refractivity contribution in [2.75, 3.05) is 12.0 Å². The predicted octanol–water partition coefficient (Wildman–Crippen LogP) is 6.33. The number of benzene rings is 3. The molecule has 1 fully saturated rings. The smallest absolute Gasteiger partial charge is 0.271 e. The standard InChI is InChI=1S/C27H26N2O3S/c1-4-18-9-13-21(14-10-18)28-27-29(22-15-11-19(5-2)12-16-22)26(31)24(33-27)17-20-7-6-8-23(32-3)25(20)30/h6-17,30H,4-5H2,1-3H3. The highest BCUT2D eigenvalue weighted by atomic mass is 32.2. The molecule has 0 unspecified atom stereocenters. The fourth-order valence-electron chi connectivity index (χ4n) is 3.54. The molecule has 1 N–H and O–H groups in total. The zero-order chi connectivity index (χ0) is 23.4. The van der Waals surface area contributed by atoms with E-state index in [1.54, 1.807) is 29.2 Å². The van der Waals surface area contributed by atoms with E-state index in [1.165, 1.54) is 30.0 Å². The summed E-state index contributed by atoms with van der Waals surface area (Å²) < 4.78 is 5.20. The van der Waals surface area contributed by atoms with Gasteiger partial charge in [0.25, 0.3) is 5.91 Å². The second kappa shape index (κ2) is 9.96. The van der Waals surface area contributed by atoms with Crippen molar-refractivity contribution in [2.45, 2.75) is 26.7 Å². The number of rotatable bonds is 6. The highest BCUT2D eigenvalue weighted by molar-refractivity contribution is 8.19. The minimum Gasteiger partial charge on any atom is -0.504 e. The van der Waals surface area contributed by atoms with Crippen LogP contribution in [0, 0.1) is 0 Å². The van der Waals surface area contributed by atoms with Crippen LogP contribution in [0.3, 0.4) is 0 Å². The Morgan fingerprint density at radius 3 is 2.21 bits per heavy atom. The average molecular weight is 459 g/mol. The van der Waals surface area contributed by atoms with Crippen LogP contribution < -0.4 is 9.64 Å². The lowest BCUT2D eigenvalue weighted by atomic mass is 10.1. The van der Waals surface area contributed by atoms with E-state index in [0.29, 0.717) is 21.4 Å². The number of amides is 1. The molecule has 0 atom stereocenters. The molecule has 5 nitrogen and oxygen atoms in total. The Morgan fingerprint density at radius 2 is 1.61 bits per heavy atom. The van der Waals surface area contributed by atoms with Crippen molar-refractivity contribution in [2.24, 2.45) is 4.99 Å². The van der Waals surface area contributed by atoms with Crippen molar-refractivity contribution in [1.82, 2.24) is 0 Å². The lowest BCUT2D eigenvalue weighted by Gasteiger charge is -2.16. The molecule has 168 valence electrons. The second-order valence-corrected chi connectivity index (χ2v) is 8.59. The number of aromatic hydroxyl groups is 1. The number of aryl methyl sites for hydroxylation is 2. The molecule has 1 aliphatic rings. The molecule has 3 aromatic carbocycles. The molecule has 0 saturated carbocycles. The Hall–Kier alpha value is -3.51. The second-order valence-electron chi connectivity index (χ2n) is 7.58. The zero-order valence-electron chi connectivity index (χ0n) is 18.9. The third-order valence-corrected chi connectivity index (χ3v) is 6.48. The van der Waals surface area contributed by atoms with E-state index in [9.17, 15) is 9.90 Å². The summed E-state index contributed by atoms with van der Waals surface area (Å²) in [6.07, 6.45) is 3.56. The van der Waals surface area contributed by atoms with Crippen LogP contribution in [-0.4, -0.2) is 23.3 Å². The number of methoxy groups -OCH3 is 1. The number of anilines is 1. The number of carbonyl (C=O) groups is 1. The fourth-order valence-corrected chi connectivity index (χ4v) is 4.53. The van der Waals surface area contributed by atoms with Crippen LogP contribution in [0.2, 0.25) is 0 Å². The minimum atomic E-state index is -0.185. The first kappa shape index (κ1) is 22.7. The first-order valence-corrected chi connectivity index (χ1v) is 11.7. The number of amidine groups is 1. The Balaban J connectivity index is 1.77.